The number of phenols is 1. The number of methoxy groups -OCH3 is 1. The van der Waals surface area contributed by atoms with Crippen molar-refractivity contribution >= 4 is 11.6 Å². The first-order chi connectivity index (χ1) is 12.5. The zero-order valence-electron chi connectivity index (χ0n) is 14.8. The Labute approximate surface area is 151 Å². The zero-order valence-corrected chi connectivity index (χ0v) is 14.8. The molecule has 6 nitrogen and oxygen atoms in total. The van der Waals surface area contributed by atoms with E-state index < -0.39 is 24.0 Å². The third-order valence-electron chi connectivity index (χ3n) is 6.11. The van der Waals surface area contributed by atoms with Gasteiger partial charge in [0.1, 0.15) is 11.5 Å². The number of hydrogen-bond acceptors (Lipinski definition) is 6. The van der Waals surface area contributed by atoms with Crippen molar-refractivity contribution in [2.75, 3.05) is 13.7 Å². The van der Waals surface area contributed by atoms with E-state index in [4.69, 9.17) is 9.47 Å². The van der Waals surface area contributed by atoms with Gasteiger partial charge < -0.3 is 19.7 Å². The molecular formula is C20H22O6. The fourth-order valence-electron chi connectivity index (χ4n) is 4.89. The molecule has 4 aliphatic carbocycles. The number of rotatable bonds is 4. The molecule has 2 N–H and O–H groups in total. The summed E-state index contributed by atoms with van der Waals surface area (Å²) in [6.45, 7) is 1.64. The first-order valence-electron chi connectivity index (χ1n) is 8.94. The van der Waals surface area contributed by atoms with E-state index in [1.165, 1.54) is 6.07 Å². The Morgan fingerprint density at radius 3 is 2.62 bits per heavy atom. The lowest BCUT2D eigenvalue weighted by Crippen LogP contribution is -2.58. The predicted octanol–water partition coefficient (Wildman–Crippen LogP) is 2.26. The number of benzene rings is 1. The number of allylic oxidation sites excluding steroid dienone is 1. The Kier molecular flexibility index (Phi) is 3.93. The number of hydrogen-bond donors (Lipinski definition) is 2. The van der Waals surface area contributed by atoms with Crippen LogP contribution < -0.4 is 4.74 Å². The Morgan fingerprint density at radius 1 is 1.27 bits per heavy atom. The average Bonchev–Trinajstić information content (AvgIpc) is 2.67. The van der Waals surface area contributed by atoms with Crippen molar-refractivity contribution in [2.24, 2.45) is 17.8 Å². The predicted molar refractivity (Wildman–Crippen MR) is 92.4 cm³/mol. The summed E-state index contributed by atoms with van der Waals surface area (Å²) in [5.41, 5.74) is -0.546. The average molecular weight is 358 g/mol. The van der Waals surface area contributed by atoms with Crippen molar-refractivity contribution in [3.05, 3.63) is 34.9 Å². The normalized spacial score (nSPS) is 31.7. The topological polar surface area (TPSA) is 93.1 Å². The Bertz CT molecular complexity index is 826. The molecule has 0 radical (unpaired) electrons. The van der Waals surface area contributed by atoms with Gasteiger partial charge >= 0.3 is 0 Å². The summed E-state index contributed by atoms with van der Waals surface area (Å²) in [4.78, 5) is 26.8. The third-order valence-corrected chi connectivity index (χ3v) is 6.11. The number of Topliss-reactive ketones (excluding diaryl/α,β-unsaturated/α-hetero) is 2. The standard InChI is InChI=1S/C20H22O6/c1-3-26-12-8-11(9-21)17(22)15-14(12)18(23)13-10-4-6-20(25-2,7-5-10)16(13)19(15)24/h4,6,8,10,13,16,21-22H,3,5,7,9H2,1-2H3. The molecule has 6 heteroatoms. The molecule has 0 aliphatic heterocycles. The number of ether oxygens (including phenoxy) is 2. The monoisotopic (exact) mass is 358 g/mol. The van der Waals surface area contributed by atoms with Crippen molar-refractivity contribution in [1.82, 2.24) is 0 Å². The van der Waals surface area contributed by atoms with Crippen molar-refractivity contribution in [1.29, 1.82) is 0 Å². The van der Waals surface area contributed by atoms with Gasteiger partial charge in [-0.3, -0.25) is 9.59 Å². The van der Waals surface area contributed by atoms with E-state index >= 15 is 0 Å². The Hall–Kier alpha value is -2.18. The summed E-state index contributed by atoms with van der Waals surface area (Å²) in [6.07, 6.45) is 5.32. The quantitative estimate of drug-likeness (QED) is 0.802. The molecule has 2 bridgehead atoms. The second-order valence-electron chi connectivity index (χ2n) is 7.18. The van der Waals surface area contributed by atoms with Gasteiger partial charge in [0.05, 0.1) is 35.9 Å². The minimum atomic E-state index is -0.822. The van der Waals surface area contributed by atoms with E-state index in [9.17, 15) is 19.8 Å². The smallest absolute Gasteiger partial charge is 0.174 e. The highest BCUT2D eigenvalue weighted by molar-refractivity contribution is 6.19. The van der Waals surface area contributed by atoms with E-state index in [0.29, 0.717) is 13.0 Å². The summed E-state index contributed by atoms with van der Waals surface area (Å²) in [5, 5.41) is 20.1. The number of aliphatic hydroxyl groups excluding tert-OH is 1. The zero-order chi connectivity index (χ0) is 18.6. The summed E-state index contributed by atoms with van der Waals surface area (Å²) in [5.74, 6) is -1.77. The Morgan fingerprint density at radius 2 is 2.04 bits per heavy atom. The lowest BCUT2D eigenvalue weighted by molar-refractivity contribution is -0.0693. The third kappa shape index (κ3) is 2.06. The van der Waals surface area contributed by atoms with Crippen LogP contribution >= 0.6 is 0 Å². The van der Waals surface area contributed by atoms with Crippen molar-refractivity contribution in [2.45, 2.75) is 32.0 Å². The number of aromatic hydroxyl groups is 1. The summed E-state index contributed by atoms with van der Waals surface area (Å²) >= 11 is 0. The van der Waals surface area contributed by atoms with E-state index in [0.717, 1.165) is 6.42 Å². The van der Waals surface area contributed by atoms with Crippen molar-refractivity contribution in [3.63, 3.8) is 0 Å². The molecule has 0 spiro atoms. The number of aliphatic hydroxyl groups is 1. The van der Waals surface area contributed by atoms with Crippen LogP contribution in [-0.4, -0.2) is 41.1 Å². The molecule has 0 amide bonds. The molecule has 26 heavy (non-hydrogen) atoms. The van der Waals surface area contributed by atoms with Crippen LogP contribution in [0.3, 0.4) is 0 Å². The van der Waals surface area contributed by atoms with Crippen LogP contribution in [0.25, 0.3) is 0 Å². The van der Waals surface area contributed by atoms with Gasteiger partial charge in [-0.1, -0.05) is 12.2 Å². The molecule has 0 saturated heterocycles. The van der Waals surface area contributed by atoms with Gasteiger partial charge in [-0.15, -0.1) is 0 Å². The maximum atomic E-state index is 13.4. The molecule has 0 heterocycles. The molecule has 4 unspecified atom stereocenters. The molecule has 4 atom stereocenters. The first kappa shape index (κ1) is 17.2. The molecule has 5 rings (SSSR count). The fourth-order valence-corrected chi connectivity index (χ4v) is 4.89. The molecule has 4 aliphatic rings. The largest absolute Gasteiger partial charge is 0.507 e. The molecule has 1 saturated carbocycles. The van der Waals surface area contributed by atoms with E-state index in [1.807, 2.05) is 12.2 Å². The maximum Gasteiger partial charge on any atom is 0.174 e. The number of carbonyl (C=O) groups is 2. The highest BCUT2D eigenvalue weighted by atomic mass is 16.5. The van der Waals surface area contributed by atoms with Crippen LogP contribution in [0.2, 0.25) is 0 Å². The number of carbonyl (C=O) groups excluding carboxylic acids is 2. The first-order valence-corrected chi connectivity index (χ1v) is 8.94. The number of ketones is 2. The van der Waals surface area contributed by atoms with Gasteiger partial charge in [0.2, 0.25) is 0 Å². The minimum Gasteiger partial charge on any atom is -0.507 e. The van der Waals surface area contributed by atoms with Crippen LogP contribution in [0.5, 0.6) is 11.5 Å². The molecule has 138 valence electrons. The lowest BCUT2D eigenvalue weighted by atomic mass is 9.53. The van der Waals surface area contributed by atoms with Crippen LogP contribution in [0.1, 0.15) is 46.0 Å². The van der Waals surface area contributed by atoms with Crippen molar-refractivity contribution < 1.29 is 29.3 Å². The maximum absolute atomic E-state index is 13.4. The lowest BCUT2D eigenvalue weighted by Gasteiger charge is -2.52. The van der Waals surface area contributed by atoms with Gasteiger partial charge in [-0.05, 0) is 31.7 Å². The molecule has 0 aromatic heterocycles. The van der Waals surface area contributed by atoms with E-state index in [1.54, 1.807) is 14.0 Å². The highest BCUT2D eigenvalue weighted by Crippen LogP contribution is 2.55. The SMILES string of the molecule is CCOc1cc(CO)c(O)c2c1C(=O)C1C3C=CC(OC)(CC3)C1C2=O. The molecular weight excluding hydrogens is 336 g/mol. The van der Waals surface area contributed by atoms with Crippen LogP contribution in [0, 0.1) is 17.8 Å². The second-order valence-corrected chi connectivity index (χ2v) is 7.18. The van der Waals surface area contributed by atoms with E-state index in [2.05, 4.69) is 0 Å². The molecule has 1 aromatic rings. The summed E-state index contributed by atoms with van der Waals surface area (Å²) in [7, 11) is 1.55. The van der Waals surface area contributed by atoms with Gasteiger partial charge in [-0.2, -0.15) is 0 Å². The summed E-state index contributed by atoms with van der Waals surface area (Å²) < 4.78 is 11.3. The highest BCUT2D eigenvalue weighted by Gasteiger charge is 2.60. The van der Waals surface area contributed by atoms with Gasteiger partial charge in [0, 0.05) is 18.6 Å². The van der Waals surface area contributed by atoms with E-state index in [-0.39, 0.29) is 45.7 Å². The van der Waals surface area contributed by atoms with Crippen LogP contribution in [0.15, 0.2) is 18.2 Å². The minimum absolute atomic E-state index is 0.0178. The van der Waals surface area contributed by atoms with Gasteiger partial charge in [0.25, 0.3) is 0 Å². The van der Waals surface area contributed by atoms with Crippen LogP contribution in [-0.2, 0) is 11.3 Å². The molecule has 1 fully saturated rings. The second kappa shape index (κ2) is 5.93. The van der Waals surface area contributed by atoms with Gasteiger partial charge in [0.15, 0.2) is 11.6 Å². The van der Waals surface area contributed by atoms with Gasteiger partial charge in [-0.25, -0.2) is 0 Å². The van der Waals surface area contributed by atoms with Crippen molar-refractivity contribution in [3.8, 4) is 11.5 Å². The number of fused-ring (bicyclic) bond motifs is 2. The fraction of sp³-hybridized carbons (Fsp3) is 0.500. The summed E-state index contributed by atoms with van der Waals surface area (Å²) in [6, 6.07) is 1.45. The Balaban J connectivity index is 1.98. The van der Waals surface area contributed by atoms with Crippen LogP contribution in [0.4, 0.5) is 0 Å². The molecule has 1 aromatic carbocycles.